The highest BCUT2D eigenvalue weighted by Gasteiger charge is 2.36. The molecule has 124 valence electrons. The normalized spacial score (nSPS) is 24.1. The molecule has 0 saturated heterocycles. The van der Waals surface area contributed by atoms with Gasteiger partial charge in [-0.3, -0.25) is 0 Å². The summed E-state index contributed by atoms with van der Waals surface area (Å²) < 4.78 is 25.9. The van der Waals surface area contributed by atoms with Gasteiger partial charge in [-0.2, -0.15) is 0 Å². The molecule has 22 heavy (non-hydrogen) atoms. The number of benzene rings is 1. The van der Waals surface area contributed by atoms with Crippen molar-refractivity contribution >= 4 is 9.84 Å². The van der Waals surface area contributed by atoms with E-state index in [1.54, 1.807) is 12.1 Å². The lowest BCUT2D eigenvalue weighted by Crippen LogP contribution is -2.47. The number of hydrogen-bond donors (Lipinski definition) is 2. The Morgan fingerprint density at radius 3 is 2.50 bits per heavy atom. The molecule has 0 radical (unpaired) electrons. The lowest BCUT2D eigenvalue weighted by atomic mass is 9.94. The summed E-state index contributed by atoms with van der Waals surface area (Å²) in [6.07, 6.45) is 3.61. The van der Waals surface area contributed by atoms with Crippen molar-refractivity contribution in [2.24, 2.45) is 5.92 Å². The molecule has 1 aliphatic carbocycles. The van der Waals surface area contributed by atoms with Crippen LogP contribution in [0.25, 0.3) is 0 Å². The zero-order chi connectivity index (χ0) is 16.2. The molecule has 0 aliphatic heterocycles. The monoisotopic (exact) mass is 325 g/mol. The van der Waals surface area contributed by atoms with Gasteiger partial charge in [0.1, 0.15) is 0 Å². The second-order valence-corrected chi connectivity index (χ2v) is 8.65. The SMILES string of the molecule is Cc1ccc(S(=O)(=O)C2CCCCC2NCC(C)CO)cc1. The Labute approximate surface area is 133 Å². The summed E-state index contributed by atoms with van der Waals surface area (Å²) in [5.41, 5.74) is 1.06. The zero-order valence-corrected chi connectivity index (χ0v) is 14.3. The standard InChI is InChI=1S/C17H27NO3S/c1-13-7-9-15(10-8-13)22(20,21)17-6-4-3-5-16(17)18-11-14(2)12-19/h7-10,14,16-19H,3-6,11-12H2,1-2H3. The van der Waals surface area contributed by atoms with E-state index in [-0.39, 0.29) is 23.8 Å². The number of hydrogen-bond acceptors (Lipinski definition) is 4. The summed E-state index contributed by atoms with van der Waals surface area (Å²) in [5.74, 6) is 0.143. The van der Waals surface area contributed by atoms with Crippen LogP contribution in [0.1, 0.15) is 38.2 Å². The Balaban J connectivity index is 2.16. The van der Waals surface area contributed by atoms with Gasteiger partial charge in [0.05, 0.1) is 10.1 Å². The third-order valence-corrected chi connectivity index (χ3v) is 6.78. The van der Waals surface area contributed by atoms with Gasteiger partial charge in [0.25, 0.3) is 0 Å². The summed E-state index contributed by atoms with van der Waals surface area (Å²) in [4.78, 5) is 0.423. The fourth-order valence-electron chi connectivity index (χ4n) is 3.02. The van der Waals surface area contributed by atoms with Crippen LogP contribution in [0.5, 0.6) is 0 Å². The highest BCUT2D eigenvalue weighted by Crippen LogP contribution is 2.29. The minimum absolute atomic E-state index is 0.0194. The topological polar surface area (TPSA) is 66.4 Å². The smallest absolute Gasteiger partial charge is 0.182 e. The minimum Gasteiger partial charge on any atom is -0.396 e. The number of nitrogens with one attached hydrogen (secondary N) is 1. The molecule has 1 aromatic carbocycles. The number of rotatable bonds is 6. The van der Waals surface area contributed by atoms with E-state index in [1.807, 2.05) is 26.0 Å². The lowest BCUT2D eigenvalue weighted by molar-refractivity contribution is 0.225. The summed E-state index contributed by atoms with van der Waals surface area (Å²) in [6, 6.07) is 7.12. The Morgan fingerprint density at radius 1 is 1.23 bits per heavy atom. The molecule has 3 unspecified atom stereocenters. The summed E-state index contributed by atoms with van der Waals surface area (Å²) >= 11 is 0. The van der Waals surface area contributed by atoms with Crippen molar-refractivity contribution in [1.29, 1.82) is 0 Å². The predicted octanol–water partition coefficient (Wildman–Crippen LogP) is 2.30. The summed E-state index contributed by atoms with van der Waals surface area (Å²) in [7, 11) is -3.31. The van der Waals surface area contributed by atoms with Crippen LogP contribution in [0.2, 0.25) is 0 Å². The van der Waals surface area contributed by atoms with E-state index in [9.17, 15) is 8.42 Å². The quantitative estimate of drug-likeness (QED) is 0.842. The van der Waals surface area contributed by atoms with Crippen LogP contribution < -0.4 is 5.32 Å². The van der Waals surface area contributed by atoms with E-state index in [1.165, 1.54) is 0 Å². The van der Waals surface area contributed by atoms with Gasteiger partial charge >= 0.3 is 0 Å². The van der Waals surface area contributed by atoms with Gasteiger partial charge in [0.15, 0.2) is 9.84 Å². The van der Waals surface area contributed by atoms with Crippen molar-refractivity contribution in [1.82, 2.24) is 5.32 Å². The van der Waals surface area contributed by atoms with E-state index in [0.29, 0.717) is 17.9 Å². The van der Waals surface area contributed by atoms with Crippen LogP contribution in [0, 0.1) is 12.8 Å². The Kier molecular flexibility index (Phi) is 6.01. The fraction of sp³-hybridized carbons (Fsp3) is 0.647. The molecule has 0 heterocycles. The first kappa shape index (κ1) is 17.4. The molecule has 5 heteroatoms. The third-order valence-electron chi connectivity index (χ3n) is 4.49. The van der Waals surface area contributed by atoms with Crippen LogP contribution in [0.15, 0.2) is 29.2 Å². The molecule has 2 rings (SSSR count). The Bertz CT molecular complexity index is 568. The van der Waals surface area contributed by atoms with Crippen molar-refractivity contribution in [3.05, 3.63) is 29.8 Å². The molecule has 0 spiro atoms. The summed E-state index contributed by atoms with van der Waals surface area (Å²) in [6.45, 7) is 4.69. The van der Waals surface area contributed by atoms with E-state index in [4.69, 9.17) is 5.11 Å². The van der Waals surface area contributed by atoms with Crippen molar-refractivity contribution in [2.75, 3.05) is 13.2 Å². The molecule has 1 saturated carbocycles. The fourth-order valence-corrected chi connectivity index (χ4v) is 5.03. The third kappa shape index (κ3) is 4.09. The molecule has 4 nitrogen and oxygen atoms in total. The molecule has 1 aliphatic rings. The van der Waals surface area contributed by atoms with Crippen LogP contribution >= 0.6 is 0 Å². The average molecular weight is 325 g/mol. The van der Waals surface area contributed by atoms with Gasteiger partial charge < -0.3 is 10.4 Å². The number of sulfone groups is 1. The molecule has 1 fully saturated rings. The van der Waals surface area contributed by atoms with Crippen LogP contribution in [0.4, 0.5) is 0 Å². The molecule has 0 aromatic heterocycles. The highest BCUT2D eigenvalue weighted by atomic mass is 32.2. The van der Waals surface area contributed by atoms with E-state index < -0.39 is 9.84 Å². The lowest BCUT2D eigenvalue weighted by Gasteiger charge is -2.32. The minimum atomic E-state index is -3.31. The van der Waals surface area contributed by atoms with Gasteiger partial charge in [-0.25, -0.2) is 8.42 Å². The number of aliphatic hydroxyl groups excluding tert-OH is 1. The van der Waals surface area contributed by atoms with Crippen molar-refractivity contribution in [3.8, 4) is 0 Å². The maximum atomic E-state index is 12.9. The van der Waals surface area contributed by atoms with E-state index >= 15 is 0 Å². The first-order valence-electron chi connectivity index (χ1n) is 8.10. The maximum absolute atomic E-state index is 12.9. The van der Waals surface area contributed by atoms with Crippen molar-refractivity contribution < 1.29 is 13.5 Å². The van der Waals surface area contributed by atoms with Gasteiger partial charge in [0, 0.05) is 19.2 Å². The van der Waals surface area contributed by atoms with Crippen LogP contribution in [0.3, 0.4) is 0 Å². The highest BCUT2D eigenvalue weighted by molar-refractivity contribution is 7.92. The van der Waals surface area contributed by atoms with Gasteiger partial charge in [0.2, 0.25) is 0 Å². The Hall–Kier alpha value is -0.910. The maximum Gasteiger partial charge on any atom is 0.182 e. The molecular weight excluding hydrogens is 298 g/mol. The van der Waals surface area contributed by atoms with Crippen molar-refractivity contribution in [2.45, 2.75) is 55.7 Å². The Morgan fingerprint density at radius 2 is 1.86 bits per heavy atom. The van der Waals surface area contributed by atoms with Gasteiger partial charge in [-0.15, -0.1) is 0 Å². The molecule has 0 amide bonds. The molecule has 0 bridgehead atoms. The second kappa shape index (κ2) is 7.57. The largest absolute Gasteiger partial charge is 0.396 e. The van der Waals surface area contributed by atoms with E-state index in [2.05, 4.69) is 5.32 Å². The predicted molar refractivity (Wildman–Crippen MR) is 88.7 cm³/mol. The second-order valence-electron chi connectivity index (χ2n) is 6.48. The molecule has 1 aromatic rings. The average Bonchev–Trinajstić information content (AvgIpc) is 2.53. The number of aryl methyl sites for hydroxylation is 1. The first-order valence-corrected chi connectivity index (χ1v) is 9.64. The first-order chi connectivity index (χ1) is 10.4. The molecular formula is C17H27NO3S. The zero-order valence-electron chi connectivity index (χ0n) is 13.5. The van der Waals surface area contributed by atoms with Gasteiger partial charge in [-0.1, -0.05) is 37.5 Å². The van der Waals surface area contributed by atoms with Crippen LogP contribution in [-0.4, -0.2) is 38.0 Å². The molecule has 2 N–H and O–H groups in total. The van der Waals surface area contributed by atoms with Gasteiger partial charge in [-0.05, 0) is 37.8 Å². The summed E-state index contributed by atoms with van der Waals surface area (Å²) in [5, 5.41) is 12.1. The van der Waals surface area contributed by atoms with E-state index in [0.717, 1.165) is 24.8 Å². The molecule has 3 atom stereocenters. The van der Waals surface area contributed by atoms with Crippen LogP contribution in [-0.2, 0) is 9.84 Å². The van der Waals surface area contributed by atoms with Crippen molar-refractivity contribution in [3.63, 3.8) is 0 Å². The number of aliphatic hydroxyl groups is 1.